The maximum atomic E-state index is 11.7. The van der Waals surface area contributed by atoms with E-state index in [-0.39, 0.29) is 5.69 Å². The quantitative estimate of drug-likeness (QED) is 0.895. The lowest BCUT2D eigenvalue weighted by Gasteiger charge is -2.06. The van der Waals surface area contributed by atoms with Gasteiger partial charge in [0.2, 0.25) is 0 Å². The Morgan fingerprint density at radius 2 is 2.32 bits per heavy atom. The number of H-pyrrole nitrogens is 1. The topological polar surface area (TPSA) is 76.7 Å². The minimum absolute atomic E-state index is 0.123. The summed E-state index contributed by atoms with van der Waals surface area (Å²) in [5.41, 5.74) is 6.57. The SMILES string of the molecule is NCc1ccc(Sc2n[nH]c(=O)n2C2CC2)cc1Br. The van der Waals surface area contributed by atoms with E-state index in [0.717, 1.165) is 32.9 Å². The van der Waals surface area contributed by atoms with E-state index < -0.39 is 0 Å². The molecule has 0 saturated heterocycles. The number of benzene rings is 1. The van der Waals surface area contributed by atoms with Crippen LogP contribution in [0.4, 0.5) is 0 Å². The molecule has 100 valence electrons. The summed E-state index contributed by atoms with van der Waals surface area (Å²) in [5, 5.41) is 7.34. The van der Waals surface area contributed by atoms with Gasteiger partial charge in [-0.1, -0.05) is 22.0 Å². The molecule has 7 heteroatoms. The van der Waals surface area contributed by atoms with Crippen LogP contribution in [-0.4, -0.2) is 14.8 Å². The van der Waals surface area contributed by atoms with E-state index in [9.17, 15) is 4.79 Å². The first-order valence-electron chi connectivity index (χ1n) is 6.02. The second kappa shape index (κ2) is 5.15. The van der Waals surface area contributed by atoms with Gasteiger partial charge >= 0.3 is 5.69 Å². The Bertz CT molecular complexity index is 662. The molecule has 0 atom stereocenters. The average molecular weight is 341 g/mol. The molecule has 3 N–H and O–H groups in total. The summed E-state index contributed by atoms with van der Waals surface area (Å²) in [4.78, 5) is 12.7. The van der Waals surface area contributed by atoms with Gasteiger partial charge in [0.05, 0.1) is 0 Å². The number of hydrogen-bond donors (Lipinski definition) is 2. The van der Waals surface area contributed by atoms with Crippen LogP contribution in [0.3, 0.4) is 0 Å². The van der Waals surface area contributed by atoms with Gasteiger partial charge in [-0.05, 0) is 42.3 Å². The van der Waals surface area contributed by atoms with Crippen LogP contribution in [0.2, 0.25) is 0 Å². The lowest BCUT2D eigenvalue weighted by atomic mass is 10.2. The van der Waals surface area contributed by atoms with Crippen LogP contribution < -0.4 is 11.4 Å². The minimum Gasteiger partial charge on any atom is -0.326 e. The van der Waals surface area contributed by atoms with Crippen molar-refractivity contribution in [3.63, 3.8) is 0 Å². The first-order chi connectivity index (χ1) is 9.19. The van der Waals surface area contributed by atoms with E-state index in [2.05, 4.69) is 26.1 Å². The molecule has 2 aromatic rings. The van der Waals surface area contributed by atoms with Crippen molar-refractivity contribution in [3.8, 4) is 0 Å². The fraction of sp³-hybridized carbons (Fsp3) is 0.333. The maximum absolute atomic E-state index is 11.7. The van der Waals surface area contributed by atoms with Gasteiger partial charge in [0.25, 0.3) is 0 Å². The summed E-state index contributed by atoms with van der Waals surface area (Å²) >= 11 is 4.98. The monoisotopic (exact) mass is 340 g/mol. The molecule has 19 heavy (non-hydrogen) atoms. The Labute approximate surface area is 122 Å². The van der Waals surface area contributed by atoms with Crippen molar-refractivity contribution in [1.82, 2.24) is 14.8 Å². The fourth-order valence-electron chi connectivity index (χ4n) is 1.88. The molecule has 0 unspecified atom stereocenters. The molecule has 1 saturated carbocycles. The predicted octanol–water partition coefficient (Wildman–Crippen LogP) is 2.28. The van der Waals surface area contributed by atoms with E-state index in [1.54, 1.807) is 4.57 Å². The number of hydrogen-bond acceptors (Lipinski definition) is 4. The zero-order valence-electron chi connectivity index (χ0n) is 10.1. The van der Waals surface area contributed by atoms with E-state index in [4.69, 9.17) is 5.73 Å². The first kappa shape index (κ1) is 13.0. The lowest BCUT2D eigenvalue weighted by Crippen LogP contribution is -2.15. The highest BCUT2D eigenvalue weighted by Gasteiger charge is 2.28. The van der Waals surface area contributed by atoms with Crippen LogP contribution in [0, 0.1) is 0 Å². The summed E-state index contributed by atoms with van der Waals surface area (Å²) in [7, 11) is 0. The molecular formula is C12H13BrN4OS. The van der Waals surface area contributed by atoms with Gasteiger partial charge in [0, 0.05) is 22.0 Å². The van der Waals surface area contributed by atoms with Crippen LogP contribution in [0.5, 0.6) is 0 Å². The number of nitrogens with zero attached hydrogens (tertiary/aromatic N) is 2. The van der Waals surface area contributed by atoms with Crippen molar-refractivity contribution in [3.05, 3.63) is 38.7 Å². The highest BCUT2D eigenvalue weighted by molar-refractivity contribution is 9.10. The fourth-order valence-corrected chi connectivity index (χ4v) is 3.52. The Morgan fingerprint density at radius 1 is 1.53 bits per heavy atom. The standard InChI is InChI=1S/C12H13BrN4OS/c13-10-5-9(4-1-7(10)6-14)19-12-16-15-11(18)17(12)8-2-3-8/h1,4-5,8H,2-3,6,14H2,(H,15,18). The molecule has 1 fully saturated rings. The van der Waals surface area contributed by atoms with Gasteiger partial charge in [0.1, 0.15) is 0 Å². The van der Waals surface area contributed by atoms with E-state index >= 15 is 0 Å². The average Bonchev–Trinajstić information content (AvgIpc) is 3.15. The molecule has 1 heterocycles. The van der Waals surface area contributed by atoms with Crippen molar-refractivity contribution in [2.75, 3.05) is 0 Å². The summed E-state index contributed by atoms with van der Waals surface area (Å²) in [5.74, 6) is 0. The largest absolute Gasteiger partial charge is 0.344 e. The molecule has 5 nitrogen and oxygen atoms in total. The molecule has 1 aromatic carbocycles. The molecule has 0 radical (unpaired) electrons. The molecule has 1 aromatic heterocycles. The van der Waals surface area contributed by atoms with Crippen LogP contribution in [-0.2, 0) is 6.54 Å². The third-order valence-corrected chi connectivity index (χ3v) is 4.74. The summed E-state index contributed by atoms with van der Waals surface area (Å²) in [6.07, 6.45) is 2.12. The highest BCUT2D eigenvalue weighted by atomic mass is 79.9. The van der Waals surface area contributed by atoms with Gasteiger partial charge in [-0.25, -0.2) is 9.89 Å². The van der Waals surface area contributed by atoms with Crippen molar-refractivity contribution >= 4 is 27.7 Å². The normalized spacial score (nSPS) is 14.8. The summed E-state index contributed by atoms with van der Waals surface area (Å²) in [6.45, 7) is 0.501. The highest BCUT2D eigenvalue weighted by Crippen LogP contribution is 2.38. The predicted molar refractivity (Wildman–Crippen MR) is 77.3 cm³/mol. The molecule has 3 rings (SSSR count). The van der Waals surface area contributed by atoms with Gasteiger partial charge in [-0.3, -0.25) is 4.57 Å². The minimum atomic E-state index is -0.123. The number of nitrogens with one attached hydrogen (secondary N) is 1. The number of rotatable bonds is 4. The second-order valence-electron chi connectivity index (χ2n) is 4.47. The maximum Gasteiger partial charge on any atom is 0.344 e. The Morgan fingerprint density at radius 3 is 2.95 bits per heavy atom. The Kier molecular flexibility index (Phi) is 3.51. The smallest absolute Gasteiger partial charge is 0.326 e. The molecule has 0 spiro atoms. The second-order valence-corrected chi connectivity index (χ2v) is 6.37. The van der Waals surface area contributed by atoms with E-state index in [1.807, 2.05) is 18.2 Å². The zero-order chi connectivity index (χ0) is 13.4. The van der Waals surface area contributed by atoms with Crippen LogP contribution in [0.1, 0.15) is 24.4 Å². The van der Waals surface area contributed by atoms with Crippen LogP contribution >= 0.6 is 27.7 Å². The van der Waals surface area contributed by atoms with Gasteiger partial charge in [-0.2, -0.15) is 0 Å². The number of nitrogens with two attached hydrogens (primary N) is 1. The van der Waals surface area contributed by atoms with Gasteiger partial charge in [0.15, 0.2) is 5.16 Å². The van der Waals surface area contributed by atoms with E-state index in [0.29, 0.717) is 12.6 Å². The van der Waals surface area contributed by atoms with Gasteiger partial charge in [-0.15, -0.1) is 5.10 Å². The van der Waals surface area contributed by atoms with E-state index in [1.165, 1.54) is 11.8 Å². The van der Waals surface area contributed by atoms with Crippen molar-refractivity contribution in [2.24, 2.45) is 5.73 Å². The third kappa shape index (κ3) is 2.63. The number of halogens is 1. The molecular weight excluding hydrogens is 328 g/mol. The summed E-state index contributed by atoms with van der Waals surface area (Å²) in [6, 6.07) is 6.30. The molecule has 1 aliphatic carbocycles. The summed E-state index contributed by atoms with van der Waals surface area (Å²) < 4.78 is 2.73. The molecule has 0 bridgehead atoms. The first-order valence-corrected chi connectivity index (χ1v) is 7.63. The number of aromatic amines is 1. The van der Waals surface area contributed by atoms with Crippen LogP contribution in [0.25, 0.3) is 0 Å². The van der Waals surface area contributed by atoms with Crippen molar-refractivity contribution in [1.29, 1.82) is 0 Å². The molecule has 0 amide bonds. The molecule has 0 aliphatic heterocycles. The Balaban J connectivity index is 1.89. The third-order valence-electron chi connectivity index (χ3n) is 3.04. The zero-order valence-corrected chi connectivity index (χ0v) is 12.5. The number of aromatic nitrogens is 3. The van der Waals surface area contributed by atoms with Crippen molar-refractivity contribution < 1.29 is 0 Å². The Hall–Kier alpha value is -1.05. The van der Waals surface area contributed by atoms with Crippen molar-refractivity contribution in [2.45, 2.75) is 35.5 Å². The van der Waals surface area contributed by atoms with Gasteiger partial charge < -0.3 is 5.73 Å². The molecule has 1 aliphatic rings. The lowest BCUT2D eigenvalue weighted by molar-refractivity contribution is 0.642. The van der Waals surface area contributed by atoms with Crippen LogP contribution in [0.15, 0.2) is 37.5 Å².